The van der Waals surface area contributed by atoms with E-state index in [2.05, 4.69) is 34.0 Å². The second-order valence-corrected chi connectivity index (χ2v) is 34.6. The summed E-state index contributed by atoms with van der Waals surface area (Å²) < 4.78 is 359. The zero-order valence-corrected chi connectivity index (χ0v) is 68.7. The number of fused-ring (bicyclic) bond motifs is 3. The van der Waals surface area contributed by atoms with Crippen molar-refractivity contribution >= 4 is 86.5 Å². The van der Waals surface area contributed by atoms with Crippen molar-refractivity contribution in [3.63, 3.8) is 0 Å². The number of methoxy groups -OCH3 is 4. The fourth-order valence-electron chi connectivity index (χ4n) is 14.6. The van der Waals surface area contributed by atoms with Crippen LogP contribution in [0.4, 0.5) is 96.5 Å². The summed E-state index contributed by atoms with van der Waals surface area (Å²) >= 11 is 0. The molecule has 2 N–H and O–H groups in total. The number of sulfonamides is 3. The lowest BCUT2D eigenvalue weighted by Crippen LogP contribution is -2.50. The Labute approximate surface area is 714 Å². The molecule has 0 atom stereocenters. The molecule has 0 amide bonds. The minimum Gasteiger partial charge on any atom is -0.497 e. The number of ether oxygens (including phenoxy) is 4. The summed E-state index contributed by atoms with van der Waals surface area (Å²) in [5.74, 6) is -5.51. The Morgan fingerprint density at radius 2 is 0.744 bits per heavy atom. The van der Waals surface area contributed by atoms with Gasteiger partial charge >= 0.3 is 24.7 Å². The molecule has 3 saturated carbocycles. The van der Waals surface area contributed by atoms with Gasteiger partial charge in [-0.25, -0.2) is 55.9 Å². The van der Waals surface area contributed by atoms with Crippen LogP contribution in [0.25, 0.3) is 49.8 Å². The Morgan fingerprint density at radius 3 is 1.03 bits per heavy atom. The van der Waals surface area contributed by atoms with Crippen molar-refractivity contribution in [1.29, 1.82) is 0 Å². The monoisotopic (exact) mass is 1880 g/mol. The minimum absolute atomic E-state index is 0.0258. The van der Waals surface area contributed by atoms with Gasteiger partial charge in [0.05, 0.1) is 83.3 Å². The predicted octanol–water partition coefficient (Wildman–Crippen LogP) is 17.6. The van der Waals surface area contributed by atoms with Crippen LogP contribution in [0.2, 0.25) is 0 Å². The van der Waals surface area contributed by atoms with Gasteiger partial charge in [0.25, 0.3) is 46.7 Å². The van der Waals surface area contributed by atoms with E-state index in [0.29, 0.717) is 22.1 Å². The summed E-state index contributed by atoms with van der Waals surface area (Å²) in [5, 5.41) is 11.7. The maximum atomic E-state index is 15.4. The van der Waals surface area contributed by atoms with Crippen LogP contribution in [0, 0.1) is 17.5 Å². The number of rotatable bonds is 21. The van der Waals surface area contributed by atoms with Crippen LogP contribution in [0.15, 0.2) is 231 Å². The number of pyridine rings is 3. The molecule has 0 radical (unpaired) electrons. The molecule has 129 heavy (non-hydrogen) atoms. The van der Waals surface area contributed by atoms with E-state index in [1.807, 2.05) is 0 Å². The molecule has 7 aromatic carbocycles. The Kier molecular flexibility index (Phi) is 25.3. The van der Waals surface area contributed by atoms with Gasteiger partial charge in [0.1, 0.15) is 59.2 Å². The van der Waals surface area contributed by atoms with Gasteiger partial charge in [-0.05, 0) is 182 Å². The molecule has 0 unspecified atom stereocenters. The van der Waals surface area contributed by atoms with E-state index >= 15 is 13.2 Å². The first-order valence-corrected chi connectivity index (χ1v) is 41.7. The summed E-state index contributed by atoms with van der Waals surface area (Å²) in [5.41, 5.74) is -11.5. The van der Waals surface area contributed by atoms with Gasteiger partial charge in [0.15, 0.2) is 17.5 Å². The second-order valence-electron chi connectivity index (χ2n) is 29.4. The molecule has 6 heterocycles. The quantitative estimate of drug-likeness (QED) is 0.0498. The molecule has 682 valence electrons. The normalized spacial score (nSPS) is 18.8. The Bertz CT molecular complexity index is 6710. The molecule has 3 aliphatic carbocycles. The summed E-state index contributed by atoms with van der Waals surface area (Å²) in [6.07, 6.45) is -22.9. The topological polar surface area (TPSA) is 328 Å². The number of nitrogens with one attached hydrogen (secondary N) is 2. The number of carbonyl (C=O) groups excluding carboxylic acids is 1. The third kappa shape index (κ3) is 18.9. The number of aldehydes is 1. The Hall–Kier alpha value is -13.3. The van der Waals surface area contributed by atoms with E-state index in [4.69, 9.17) is 28.3 Å². The maximum absolute atomic E-state index is 15.4. The highest BCUT2D eigenvalue weighted by Crippen LogP contribution is 2.59. The number of hydrogen-bond donors (Lipinski definition) is 2. The lowest BCUT2D eigenvalue weighted by molar-refractivity contribution is -0.260. The fraction of sp³-hybridized carbons (Fsp3) is 0.256. The SMILES string of the molecule is COc1cc(C2CC(F)(C(F)(F)F)C2)c(F)cc1-n1c(=O)ccc2cc(S(=O)(=O)Nc3ccon3)ccc21.COc1cc(C2CC(F)(C(F)(F)F)C2)c(F)cc1-n1c(=O)ccc2cc(S(=O)(=O)Nc3ccon3)ccc21.COc1ccc(CN(c2ccon2)S(=O)(=O)c2ccc3c(ccc(=O)n3-c3cc(F)c(C4CC(F)(C(F)(F)F)C4)cc3OC)c2)cc1.O=CC(F)(F)F. The lowest BCUT2D eigenvalue weighted by atomic mass is 9.68. The number of anilines is 3. The molecule has 13 aromatic rings. The highest BCUT2D eigenvalue weighted by atomic mass is 32.2. The largest absolute Gasteiger partial charge is 0.497 e. The van der Waals surface area contributed by atoms with E-state index in [0.717, 1.165) is 72.6 Å². The van der Waals surface area contributed by atoms with Gasteiger partial charge in [-0.15, -0.1) is 0 Å². The van der Waals surface area contributed by atoms with Gasteiger partial charge in [0, 0.05) is 70.8 Å². The van der Waals surface area contributed by atoms with Crippen molar-refractivity contribution < 1.29 is 142 Å². The standard InChI is InChI=1S/C32H26F5N3O6S.2C24H18F5N3O5S.C2HF3O/c1-44-22-6-3-19(4-7-22)18-39(29-11-12-46-38-29)47(42,43)23-8-9-26-20(13-23)5-10-30(41)40(26)27-15-25(33)24(14-28(27)45-2)21-16-31(34,17-21)32(35,36)37;2*1-36-20-9-16(14-11-23(26,12-14)24(27,28)29)17(25)10-19(20)32-18-4-3-15(8-13(18)2-5-22(32)33)38(34,35)31-21-6-7-37-30-21;3-2(4,5)1-6/h3-15,21H,16-18H2,1-2H3;2*2-10,14H,11-12H2,1H3,(H,30,31);1H. The molecule has 0 bridgehead atoms. The van der Waals surface area contributed by atoms with E-state index in [1.54, 1.807) is 24.3 Å². The van der Waals surface area contributed by atoms with Crippen LogP contribution >= 0.6 is 0 Å². The average Bonchev–Trinajstić information content (AvgIpc) is 1.28. The summed E-state index contributed by atoms with van der Waals surface area (Å²) in [4.78, 5) is 47.1. The zero-order valence-electron chi connectivity index (χ0n) is 66.3. The molecule has 3 aliphatic rings. The number of hydrogen-bond acceptors (Lipinski definition) is 20. The van der Waals surface area contributed by atoms with E-state index in [-0.39, 0.29) is 112 Å². The number of aromatic nitrogens is 6. The summed E-state index contributed by atoms with van der Waals surface area (Å²) in [6, 6.07) is 36.3. The first kappa shape index (κ1) is 93.3. The number of alkyl halides is 15. The Balaban J connectivity index is 0.000000161. The number of benzene rings is 7. The van der Waals surface area contributed by atoms with Crippen molar-refractivity contribution in [3.8, 4) is 40.1 Å². The second kappa shape index (κ2) is 35.0. The third-order valence-electron chi connectivity index (χ3n) is 21.3. The molecule has 3 fully saturated rings. The summed E-state index contributed by atoms with van der Waals surface area (Å²) in [6.45, 7) is -0.104. The van der Waals surface area contributed by atoms with Gasteiger partial charge in [-0.3, -0.25) is 42.3 Å². The van der Waals surface area contributed by atoms with Crippen LogP contribution in [0.1, 0.15) is 78.5 Å². The van der Waals surface area contributed by atoms with E-state index in [9.17, 15) is 105 Å². The van der Waals surface area contributed by atoms with Crippen molar-refractivity contribution in [1.82, 2.24) is 29.2 Å². The molecule has 16 rings (SSSR count). The number of halogens is 18. The molecule has 26 nitrogen and oxygen atoms in total. The maximum Gasteiger partial charge on any atom is 0.446 e. The zero-order chi connectivity index (χ0) is 93.8. The van der Waals surface area contributed by atoms with Gasteiger partial charge in [-0.2, -0.15) is 52.7 Å². The highest BCUT2D eigenvalue weighted by molar-refractivity contribution is 7.93. The van der Waals surface area contributed by atoms with Crippen LogP contribution < -0.4 is 49.4 Å². The average molecular weight is 1880 g/mol. The van der Waals surface area contributed by atoms with Gasteiger partial charge < -0.3 is 32.5 Å². The molecule has 47 heteroatoms. The van der Waals surface area contributed by atoms with Crippen molar-refractivity contribution in [2.24, 2.45) is 0 Å². The lowest BCUT2D eigenvalue weighted by Gasteiger charge is -2.42. The van der Waals surface area contributed by atoms with E-state index < -0.39 is 168 Å². The van der Waals surface area contributed by atoms with Crippen molar-refractivity contribution in [2.75, 3.05) is 42.2 Å². The highest BCUT2D eigenvalue weighted by Gasteiger charge is 2.66. The molecular weight excluding hydrogens is 1820 g/mol. The first-order valence-electron chi connectivity index (χ1n) is 37.3. The van der Waals surface area contributed by atoms with Crippen molar-refractivity contribution in [3.05, 3.63) is 259 Å². The van der Waals surface area contributed by atoms with Gasteiger partial charge in [-0.1, -0.05) is 27.6 Å². The molecule has 0 spiro atoms. The molecule has 6 aromatic heterocycles. The molecular formula is C82H63F18N9O17S3. The third-order valence-corrected chi connectivity index (χ3v) is 25.8. The predicted molar refractivity (Wildman–Crippen MR) is 423 cm³/mol. The van der Waals surface area contributed by atoms with Crippen LogP contribution in [-0.4, -0.2) is 131 Å². The number of nitrogens with zero attached hydrogens (tertiary/aromatic N) is 7. The van der Waals surface area contributed by atoms with Crippen LogP contribution in [0.3, 0.4) is 0 Å². The molecule has 0 aliphatic heterocycles. The summed E-state index contributed by atoms with van der Waals surface area (Å²) in [7, 11) is -7.21. The Morgan fingerprint density at radius 1 is 0.426 bits per heavy atom. The van der Waals surface area contributed by atoms with E-state index in [1.165, 1.54) is 138 Å². The minimum atomic E-state index is -5.08. The van der Waals surface area contributed by atoms with Crippen molar-refractivity contribution in [2.45, 2.75) is 119 Å². The van der Waals surface area contributed by atoms with Gasteiger partial charge in [0.2, 0.25) is 23.3 Å². The van der Waals surface area contributed by atoms with Crippen LogP contribution in [-0.2, 0) is 41.4 Å². The molecule has 0 saturated heterocycles. The number of carbonyl (C=O) groups is 1. The van der Waals surface area contributed by atoms with Crippen LogP contribution in [0.5, 0.6) is 23.0 Å². The smallest absolute Gasteiger partial charge is 0.446 e. The first-order chi connectivity index (χ1) is 60.5. The fourth-order valence-corrected chi connectivity index (χ4v) is 18.1.